The van der Waals surface area contributed by atoms with E-state index < -0.39 is 0 Å². The summed E-state index contributed by atoms with van der Waals surface area (Å²) >= 11 is 0. The molecular formula is C19H27N3O4. The van der Waals surface area contributed by atoms with E-state index in [0.29, 0.717) is 45.4 Å². The van der Waals surface area contributed by atoms with Crippen molar-refractivity contribution in [3.63, 3.8) is 0 Å². The van der Waals surface area contributed by atoms with Crippen molar-refractivity contribution < 1.29 is 19.1 Å². The van der Waals surface area contributed by atoms with E-state index in [1.807, 2.05) is 47.0 Å². The van der Waals surface area contributed by atoms with Crippen LogP contribution in [0.15, 0.2) is 18.2 Å². The van der Waals surface area contributed by atoms with Gasteiger partial charge in [-0.2, -0.15) is 0 Å². The number of carbonyl (C=O) groups is 2. The van der Waals surface area contributed by atoms with Crippen LogP contribution in [0, 0.1) is 0 Å². The summed E-state index contributed by atoms with van der Waals surface area (Å²) in [5.41, 5.74) is 1.07. The van der Waals surface area contributed by atoms with Crippen molar-refractivity contribution in [2.45, 2.75) is 19.3 Å². The quantitative estimate of drug-likeness (QED) is 0.756. The number of hydrogen-bond donors (Lipinski definition) is 0. The van der Waals surface area contributed by atoms with Gasteiger partial charge < -0.3 is 24.2 Å². The van der Waals surface area contributed by atoms with Crippen LogP contribution in [-0.4, -0.2) is 80.1 Å². The predicted molar refractivity (Wildman–Crippen MR) is 97.2 cm³/mol. The Balaban J connectivity index is 1.41. The molecule has 0 bridgehead atoms. The number of carbonyl (C=O) groups excluding carboxylic acids is 2. The highest BCUT2D eigenvalue weighted by molar-refractivity contribution is 5.78. The second-order valence-corrected chi connectivity index (χ2v) is 7.00. The van der Waals surface area contributed by atoms with Crippen LogP contribution >= 0.6 is 0 Å². The molecule has 1 saturated heterocycles. The van der Waals surface area contributed by atoms with Crippen molar-refractivity contribution in [2.24, 2.45) is 0 Å². The standard InChI is InChI=1S/C19H27N3O4/c1-20(2)8-7-19(24)22-11-9-21(10-12-22)18(23)6-4-15-3-5-16-17(13-15)26-14-25-16/h3,5,13H,4,6-12,14H2,1-2H3. The number of amides is 2. The van der Waals surface area contributed by atoms with E-state index in [4.69, 9.17) is 9.47 Å². The molecule has 1 aromatic carbocycles. The number of ether oxygens (including phenoxy) is 2. The first-order valence-electron chi connectivity index (χ1n) is 9.12. The van der Waals surface area contributed by atoms with E-state index >= 15 is 0 Å². The van der Waals surface area contributed by atoms with Gasteiger partial charge in [0.15, 0.2) is 11.5 Å². The predicted octanol–water partition coefficient (Wildman–Crippen LogP) is 0.970. The zero-order valence-corrected chi connectivity index (χ0v) is 15.6. The molecule has 2 aliphatic rings. The summed E-state index contributed by atoms with van der Waals surface area (Å²) in [6, 6.07) is 5.80. The lowest BCUT2D eigenvalue weighted by Gasteiger charge is -2.35. The number of fused-ring (bicyclic) bond motifs is 1. The SMILES string of the molecule is CN(C)CCC(=O)N1CCN(C(=O)CCc2ccc3c(c2)OCO3)CC1. The first-order chi connectivity index (χ1) is 12.5. The topological polar surface area (TPSA) is 62.3 Å². The fraction of sp³-hybridized carbons (Fsp3) is 0.579. The summed E-state index contributed by atoms with van der Waals surface area (Å²) in [7, 11) is 3.92. The van der Waals surface area contributed by atoms with Crippen molar-refractivity contribution in [3.8, 4) is 11.5 Å². The number of aryl methyl sites for hydroxylation is 1. The Hall–Kier alpha value is -2.28. The van der Waals surface area contributed by atoms with E-state index in [1.165, 1.54) is 0 Å². The summed E-state index contributed by atoms with van der Waals surface area (Å²) in [5.74, 6) is 1.82. The molecule has 2 heterocycles. The van der Waals surface area contributed by atoms with E-state index in [0.717, 1.165) is 23.6 Å². The zero-order chi connectivity index (χ0) is 18.5. The van der Waals surface area contributed by atoms with Gasteiger partial charge in [-0.1, -0.05) is 6.07 Å². The van der Waals surface area contributed by atoms with Gasteiger partial charge in [0.1, 0.15) is 0 Å². The fourth-order valence-corrected chi connectivity index (χ4v) is 3.19. The molecule has 0 unspecified atom stereocenters. The van der Waals surface area contributed by atoms with Crippen LogP contribution in [0.5, 0.6) is 11.5 Å². The van der Waals surface area contributed by atoms with Gasteiger partial charge in [-0.05, 0) is 38.2 Å². The number of rotatable bonds is 6. The summed E-state index contributed by atoms with van der Waals surface area (Å²) < 4.78 is 10.7. The van der Waals surface area contributed by atoms with E-state index in [1.54, 1.807) is 0 Å². The van der Waals surface area contributed by atoms with Crippen LogP contribution in [-0.2, 0) is 16.0 Å². The van der Waals surface area contributed by atoms with Gasteiger partial charge in [0.2, 0.25) is 18.6 Å². The van der Waals surface area contributed by atoms with Crippen LogP contribution < -0.4 is 9.47 Å². The number of benzene rings is 1. The van der Waals surface area contributed by atoms with Crippen LogP contribution in [0.2, 0.25) is 0 Å². The smallest absolute Gasteiger partial charge is 0.231 e. The molecule has 3 rings (SSSR count). The third kappa shape index (κ3) is 4.66. The molecule has 0 spiro atoms. The largest absolute Gasteiger partial charge is 0.454 e. The van der Waals surface area contributed by atoms with Gasteiger partial charge >= 0.3 is 0 Å². The molecular weight excluding hydrogens is 334 g/mol. The van der Waals surface area contributed by atoms with Gasteiger partial charge in [0.05, 0.1) is 0 Å². The molecule has 0 atom stereocenters. The second-order valence-electron chi connectivity index (χ2n) is 7.00. The van der Waals surface area contributed by atoms with Crippen LogP contribution in [0.25, 0.3) is 0 Å². The van der Waals surface area contributed by atoms with Crippen LogP contribution in [0.4, 0.5) is 0 Å². The van der Waals surface area contributed by atoms with Crippen molar-refractivity contribution in [1.29, 1.82) is 0 Å². The molecule has 142 valence electrons. The lowest BCUT2D eigenvalue weighted by atomic mass is 10.1. The highest BCUT2D eigenvalue weighted by Crippen LogP contribution is 2.32. The van der Waals surface area contributed by atoms with Crippen LogP contribution in [0.3, 0.4) is 0 Å². The number of piperazine rings is 1. The Labute approximate surface area is 154 Å². The van der Waals surface area contributed by atoms with Gasteiger partial charge in [0.25, 0.3) is 0 Å². The monoisotopic (exact) mass is 361 g/mol. The Kier molecular flexibility index (Phi) is 5.98. The van der Waals surface area contributed by atoms with Crippen molar-refractivity contribution in [2.75, 3.05) is 53.6 Å². The first kappa shape index (κ1) is 18.5. The highest BCUT2D eigenvalue weighted by Gasteiger charge is 2.24. The number of hydrogen-bond acceptors (Lipinski definition) is 5. The molecule has 0 radical (unpaired) electrons. The minimum absolute atomic E-state index is 0.142. The molecule has 7 heteroatoms. The molecule has 0 saturated carbocycles. The van der Waals surface area contributed by atoms with E-state index in [2.05, 4.69) is 0 Å². The minimum Gasteiger partial charge on any atom is -0.454 e. The Morgan fingerprint density at radius 1 is 0.962 bits per heavy atom. The molecule has 26 heavy (non-hydrogen) atoms. The highest BCUT2D eigenvalue weighted by atomic mass is 16.7. The molecule has 0 aliphatic carbocycles. The third-order valence-electron chi connectivity index (χ3n) is 4.82. The third-order valence-corrected chi connectivity index (χ3v) is 4.82. The fourth-order valence-electron chi connectivity index (χ4n) is 3.19. The van der Waals surface area contributed by atoms with Crippen molar-refractivity contribution in [1.82, 2.24) is 14.7 Å². The average Bonchev–Trinajstić information content (AvgIpc) is 3.12. The van der Waals surface area contributed by atoms with Crippen molar-refractivity contribution in [3.05, 3.63) is 23.8 Å². The maximum atomic E-state index is 12.5. The zero-order valence-electron chi connectivity index (χ0n) is 15.6. The Morgan fingerprint density at radius 3 is 2.23 bits per heavy atom. The van der Waals surface area contributed by atoms with Crippen LogP contribution in [0.1, 0.15) is 18.4 Å². The van der Waals surface area contributed by atoms with Gasteiger partial charge in [-0.25, -0.2) is 0 Å². The van der Waals surface area contributed by atoms with Crippen molar-refractivity contribution >= 4 is 11.8 Å². The first-order valence-corrected chi connectivity index (χ1v) is 9.12. The summed E-state index contributed by atoms with van der Waals surface area (Å²) in [5, 5.41) is 0. The molecule has 2 amide bonds. The molecule has 1 aromatic rings. The molecule has 7 nitrogen and oxygen atoms in total. The van der Waals surface area contributed by atoms with Gasteiger partial charge in [-0.3, -0.25) is 9.59 Å². The molecule has 1 fully saturated rings. The van der Waals surface area contributed by atoms with E-state index in [9.17, 15) is 9.59 Å². The lowest BCUT2D eigenvalue weighted by Crippen LogP contribution is -2.51. The minimum atomic E-state index is 0.142. The summed E-state index contributed by atoms with van der Waals surface area (Å²) in [6.45, 7) is 3.51. The maximum Gasteiger partial charge on any atom is 0.231 e. The second kappa shape index (κ2) is 8.40. The molecule has 0 aromatic heterocycles. The van der Waals surface area contributed by atoms with E-state index in [-0.39, 0.29) is 18.6 Å². The summed E-state index contributed by atoms with van der Waals surface area (Å²) in [6.07, 6.45) is 1.68. The molecule has 2 aliphatic heterocycles. The number of nitrogens with zero attached hydrogens (tertiary/aromatic N) is 3. The normalized spacial score (nSPS) is 16.3. The Morgan fingerprint density at radius 2 is 1.58 bits per heavy atom. The Bertz CT molecular complexity index is 654. The van der Waals surface area contributed by atoms with Gasteiger partial charge in [0, 0.05) is 45.6 Å². The average molecular weight is 361 g/mol. The summed E-state index contributed by atoms with van der Waals surface area (Å²) in [4.78, 5) is 30.4. The maximum absolute atomic E-state index is 12.5. The van der Waals surface area contributed by atoms with Gasteiger partial charge in [-0.15, -0.1) is 0 Å². The lowest BCUT2D eigenvalue weighted by molar-refractivity contribution is -0.139. The molecule has 0 N–H and O–H groups in total.